The maximum atomic E-state index is 12.4. The zero-order valence-electron chi connectivity index (χ0n) is 13.1. The van der Waals surface area contributed by atoms with Crippen LogP contribution in [0.5, 0.6) is 0 Å². The van der Waals surface area contributed by atoms with Crippen molar-refractivity contribution in [3.8, 4) is 0 Å². The van der Waals surface area contributed by atoms with Gasteiger partial charge >= 0.3 is 6.09 Å². The van der Waals surface area contributed by atoms with Gasteiger partial charge in [0.2, 0.25) is 0 Å². The molecule has 1 aliphatic rings. The zero-order valence-corrected chi connectivity index (χ0v) is 13.1. The summed E-state index contributed by atoms with van der Waals surface area (Å²) in [5.41, 5.74) is 8.19. The summed E-state index contributed by atoms with van der Waals surface area (Å²) < 4.78 is 5.05. The smallest absolute Gasteiger partial charge is 0.417 e. The van der Waals surface area contributed by atoms with Crippen molar-refractivity contribution in [2.24, 2.45) is 0 Å². The number of imide groups is 1. The van der Waals surface area contributed by atoms with Crippen LogP contribution in [0.3, 0.4) is 0 Å². The second-order valence-electron chi connectivity index (χ2n) is 5.63. The highest BCUT2D eigenvalue weighted by Gasteiger charge is 2.36. The fourth-order valence-corrected chi connectivity index (χ4v) is 2.68. The topological polar surface area (TPSA) is 72.6 Å². The van der Waals surface area contributed by atoms with Crippen LogP contribution in [0.4, 0.5) is 10.5 Å². The van der Waals surface area contributed by atoms with Gasteiger partial charge in [0.15, 0.2) is 0 Å². The molecule has 0 radical (unpaired) electrons. The second kappa shape index (κ2) is 7.00. The minimum atomic E-state index is -0.599. The molecule has 1 saturated heterocycles. The van der Waals surface area contributed by atoms with Gasteiger partial charge in [0.05, 0.1) is 6.04 Å². The predicted octanol–water partition coefficient (Wildman–Crippen LogP) is 2.87. The van der Waals surface area contributed by atoms with E-state index in [1.165, 1.54) is 11.0 Å². The Morgan fingerprint density at radius 3 is 2.75 bits per heavy atom. The molecular formula is C19H18N2O3. The molecule has 0 unspecified atom stereocenters. The number of hydrogen-bond acceptors (Lipinski definition) is 4. The lowest BCUT2D eigenvalue weighted by molar-refractivity contribution is -0.124. The number of carbonyl (C=O) groups excluding carboxylic acids is 2. The average molecular weight is 322 g/mol. The van der Waals surface area contributed by atoms with Crippen LogP contribution in [0.25, 0.3) is 6.08 Å². The second-order valence-corrected chi connectivity index (χ2v) is 5.63. The monoisotopic (exact) mass is 322 g/mol. The summed E-state index contributed by atoms with van der Waals surface area (Å²) in [6.45, 7) is 0.214. The maximum absolute atomic E-state index is 12.4. The largest absolute Gasteiger partial charge is 0.447 e. The summed E-state index contributed by atoms with van der Waals surface area (Å²) in [6, 6.07) is 16.6. The van der Waals surface area contributed by atoms with Crippen LogP contribution in [0.15, 0.2) is 60.7 Å². The van der Waals surface area contributed by atoms with E-state index in [2.05, 4.69) is 0 Å². The molecule has 2 aromatic rings. The highest BCUT2D eigenvalue weighted by Crippen LogP contribution is 2.18. The molecule has 2 N–H and O–H groups in total. The highest BCUT2D eigenvalue weighted by molar-refractivity contribution is 6.02. The van der Waals surface area contributed by atoms with Crippen LogP contribution >= 0.6 is 0 Å². The van der Waals surface area contributed by atoms with E-state index in [1.807, 2.05) is 42.5 Å². The van der Waals surface area contributed by atoms with Gasteiger partial charge in [-0.05, 0) is 35.8 Å². The zero-order chi connectivity index (χ0) is 16.9. The number of carbonyl (C=O) groups is 2. The number of benzene rings is 2. The first-order chi connectivity index (χ1) is 11.6. The van der Waals surface area contributed by atoms with E-state index in [4.69, 9.17) is 10.5 Å². The predicted molar refractivity (Wildman–Crippen MR) is 92.0 cm³/mol. The van der Waals surface area contributed by atoms with Gasteiger partial charge in [0.1, 0.15) is 6.61 Å². The van der Waals surface area contributed by atoms with E-state index in [1.54, 1.807) is 18.2 Å². The number of anilines is 1. The van der Waals surface area contributed by atoms with Gasteiger partial charge in [-0.15, -0.1) is 0 Å². The Labute approximate surface area is 140 Å². The molecule has 5 nitrogen and oxygen atoms in total. The van der Waals surface area contributed by atoms with E-state index in [9.17, 15) is 9.59 Å². The number of nitrogen functional groups attached to an aromatic ring is 1. The molecule has 0 spiro atoms. The maximum Gasteiger partial charge on any atom is 0.417 e. The third-order valence-corrected chi connectivity index (χ3v) is 3.84. The van der Waals surface area contributed by atoms with E-state index in [0.717, 1.165) is 11.1 Å². The molecule has 24 heavy (non-hydrogen) atoms. The van der Waals surface area contributed by atoms with Crippen molar-refractivity contribution in [1.82, 2.24) is 4.90 Å². The number of nitrogens with two attached hydrogens (primary N) is 1. The number of cyclic esters (lactones) is 1. The molecule has 1 fully saturated rings. The minimum absolute atomic E-state index is 0.214. The average Bonchev–Trinajstić information content (AvgIpc) is 2.94. The molecule has 0 aromatic heterocycles. The van der Waals surface area contributed by atoms with Crippen LogP contribution < -0.4 is 5.73 Å². The minimum Gasteiger partial charge on any atom is -0.447 e. The fourth-order valence-electron chi connectivity index (χ4n) is 2.68. The van der Waals surface area contributed by atoms with Gasteiger partial charge in [-0.3, -0.25) is 4.79 Å². The van der Waals surface area contributed by atoms with Crippen LogP contribution in [0.2, 0.25) is 0 Å². The Hall–Kier alpha value is -3.08. The molecule has 2 aromatic carbocycles. The number of nitrogens with zero attached hydrogens (tertiary/aromatic N) is 1. The van der Waals surface area contributed by atoms with Crippen LogP contribution in [-0.4, -0.2) is 29.5 Å². The van der Waals surface area contributed by atoms with Crippen molar-refractivity contribution >= 4 is 23.8 Å². The molecule has 0 saturated carbocycles. The molecular weight excluding hydrogens is 304 g/mol. The molecule has 1 aliphatic heterocycles. The summed E-state index contributed by atoms with van der Waals surface area (Å²) in [5.74, 6) is -0.388. The van der Waals surface area contributed by atoms with Gasteiger partial charge in [0.25, 0.3) is 5.91 Å². The number of ether oxygens (including phenoxy) is 1. The molecule has 0 bridgehead atoms. The first kappa shape index (κ1) is 15.8. The van der Waals surface area contributed by atoms with Crippen LogP contribution in [-0.2, 0) is 16.0 Å². The third kappa shape index (κ3) is 3.63. The normalized spacial score (nSPS) is 17.2. The van der Waals surface area contributed by atoms with Gasteiger partial charge in [-0.1, -0.05) is 42.5 Å². The molecule has 0 aliphatic carbocycles. The number of rotatable bonds is 4. The van der Waals surface area contributed by atoms with E-state index in [-0.39, 0.29) is 18.6 Å². The van der Waals surface area contributed by atoms with Crippen molar-refractivity contribution in [1.29, 1.82) is 0 Å². The lowest BCUT2D eigenvalue weighted by Gasteiger charge is -2.18. The molecule has 1 heterocycles. The standard InChI is InChI=1S/C19H18N2O3/c20-16-8-4-7-15(11-16)9-10-18(22)21-17(13-24-19(21)23)12-14-5-2-1-3-6-14/h1-11,17H,12-13,20H2/b10-9+/t17-/m0/s1. The highest BCUT2D eigenvalue weighted by atomic mass is 16.6. The Bertz CT molecular complexity index is 771. The Kier molecular flexibility index (Phi) is 4.61. The van der Waals surface area contributed by atoms with Crippen molar-refractivity contribution < 1.29 is 14.3 Å². The Morgan fingerprint density at radius 1 is 1.21 bits per heavy atom. The first-order valence-electron chi connectivity index (χ1n) is 7.71. The third-order valence-electron chi connectivity index (χ3n) is 3.84. The SMILES string of the molecule is Nc1cccc(/C=C/C(=O)N2C(=O)OC[C@@H]2Cc2ccccc2)c1. The van der Waals surface area contributed by atoms with E-state index >= 15 is 0 Å². The molecule has 5 heteroatoms. The fraction of sp³-hybridized carbons (Fsp3) is 0.158. The number of amides is 2. The number of hydrogen-bond donors (Lipinski definition) is 1. The van der Waals surface area contributed by atoms with Gasteiger partial charge in [-0.25, -0.2) is 9.69 Å². The Morgan fingerprint density at radius 2 is 2.00 bits per heavy atom. The van der Waals surface area contributed by atoms with Gasteiger partial charge in [-0.2, -0.15) is 0 Å². The van der Waals surface area contributed by atoms with Gasteiger partial charge in [0, 0.05) is 11.8 Å². The van der Waals surface area contributed by atoms with Gasteiger partial charge < -0.3 is 10.5 Å². The van der Waals surface area contributed by atoms with Crippen molar-refractivity contribution in [2.75, 3.05) is 12.3 Å². The summed E-state index contributed by atoms with van der Waals surface area (Å²) >= 11 is 0. The summed E-state index contributed by atoms with van der Waals surface area (Å²) in [4.78, 5) is 25.5. The van der Waals surface area contributed by atoms with Crippen molar-refractivity contribution in [3.63, 3.8) is 0 Å². The summed E-state index contributed by atoms with van der Waals surface area (Å²) in [6.07, 6.45) is 2.99. The lowest BCUT2D eigenvalue weighted by Crippen LogP contribution is -2.39. The first-order valence-corrected chi connectivity index (χ1v) is 7.71. The summed E-state index contributed by atoms with van der Waals surface area (Å²) in [7, 11) is 0. The van der Waals surface area contributed by atoms with Crippen molar-refractivity contribution in [2.45, 2.75) is 12.5 Å². The molecule has 2 amide bonds. The molecule has 122 valence electrons. The van der Waals surface area contributed by atoms with Crippen LogP contribution in [0, 0.1) is 0 Å². The van der Waals surface area contributed by atoms with E-state index in [0.29, 0.717) is 12.1 Å². The lowest BCUT2D eigenvalue weighted by atomic mass is 10.1. The van der Waals surface area contributed by atoms with E-state index < -0.39 is 6.09 Å². The molecule has 1 atom stereocenters. The Balaban J connectivity index is 1.72. The summed E-state index contributed by atoms with van der Waals surface area (Å²) in [5, 5.41) is 0. The molecule has 3 rings (SSSR count). The van der Waals surface area contributed by atoms with Crippen molar-refractivity contribution in [3.05, 3.63) is 71.8 Å². The van der Waals surface area contributed by atoms with Crippen LogP contribution in [0.1, 0.15) is 11.1 Å². The quantitative estimate of drug-likeness (QED) is 0.694.